The number of anilines is 3. The van der Waals surface area contributed by atoms with Crippen LogP contribution in [0.3, 0.4) is 0 Å². The molecular weight excluding hydrogens is 663 g/mol. The van der Waals surface area contributed by atoms with Crippen molar-refractivity contribution in [3.63, 3.8) is 0 Å². The third kappa shape index (κ3) is 6.12. The second-order valence-corrected chi connectivity index (χ2v) is 14.1. The summed E-state index contributed by atoms with van der Waals surface area (Å²) in [6, 6.07) is 81.5. The van der Waals surface area contributed by atoms with Gasteiger partial charge in [0.2, 0.25) is 0 Å². The van der Waals surface area contributed by atoms with Crippen LogP contribution in [0.5, 0.6) is 0 Å². The Morgan fingerprint density at radius 3 is 1.45 bits per heavy atom. The lowest BCUT2D eigenvalue weighted by Gasteiger charge is -2.27. The van der Waals surface area contributed by atoms with Crippen molar-refractivity contribution >= 4 is 49.4 Å². The summed E-state index contributed by atoms with van der Waals surface area (Å²) in [6.07, 6.45) is 0. The van der Waals surface area contributed by atoms with Gasteiger partial charge in [-0.3, -0.25) is 0 Å². The average molecular weight is 700 g/mol. The van der Waals surface area contributed by atoms with E-state index in [0.717, 1.165) is 17.1 Å². The summed E-state index contributed by atoms with van der Waals surface area (Å²) in [5.41, 5.74) is 13.0. The molecule has 0 heterocycles. The molecule has 0 aliphatic heterocycles. The summed E-state index contributed by atoms with van der Waals surface area (Å²) in [5.74, 6) is 0. The highest BCUT2D eigenvalue weighted by molar-refractivity contribution is 6.09. The van der Waals surface area contributed by atoms with E-state index in [0.29, 0.717) is 0 Å². The standard InChI is InChI=1S/C54H37N/c1-4-13-38(14-5-1)45-26-25-42-20-12-22-50(52(42)35-45)43-27-30-46(31-28-43)55(47-32-29-44-24-23-41-19-10-11-21-49(41)54(44)36-47)48-33-34-51(39-15-6-2-7-16-39)53(37-48)40-17-8-3-9-18-40/h1-37H. The second kappa shape index (κ2) is 14.0. The lowest BCUT2D eigenvalue weighted by atomic mass is 9.93. The Balaban J connectivity index is 1.14. The summed E-state index contributed by atoms with van der Waals surface area (Å²) in [7, 11) is 0. The molecule has 0 aromatic heterocycles. The maximum absolute atomic E-state index is 2.41. The molecule has 10 aromatic carbocycles. The van der Waals surface area contributed by atoms with E-state index in [9.17, 15) is 0 Å². The van der Waals surface area contributed by atoms with Gasteiger partial charge in [0.05, 0.1) is 0 Å². The van der Waals surface area contributed by atoms with E-state index in [1.54, 1.807) is 0 Å². The Labute approximate surface area is 322 Å². The monoisotopic (exact) mass is 699 g/mol. The van der Waals surface area contributed by atoms with E-state index in [2.05, 4.69) is 229 Å². The van der Waals surface area contributed by atoms with E-state index in [-0.39, 0.29) is 0 Å². The molecule has 1 nitrogen and oxygen atoms in total. The molecule has 10 rings (SSSR count). The van der Waals surface area contributed by atoms with Gasteiger partial charge < -0.3 is 4.90 Å². The summed E-state index contributed by atoms with van der Waals surface area (Å²) >= 11 is 0. The molecule has 0 unspecified atom stereocenters. The van der Waals surface area contributed by atoms with E-state index in [4.69, 9.17) is 0 Å². The number of hydrogen-bond acceptors (Lipinski definition) is 1. The predicted octanol–water partition coefficient (Wildman–Crippen LogP) is 15.3. The summed E-state index contributed by atoms with van der Waals surface area (Å²) in [5, 5.41) is 7.45. The molecular formula is C54H37N. The van der Waals surface area contributed by atoms with Crippen molar-refractivity contribution < 1.29 is 0 Å². The molecule has 0 radical (unpaired) electrons. The SMILES string of the molecule is c1ccc(-c2ccc3cccc(-c4ccc(N(c5ccc(-c6ccccc6)c(-c6ccccc6)c5)c5ccc6ccc7ccccc7c6c5)cc4)c3c2)cc1. The normalized spacial score (nSPS) is 11.3. The van der Waals surface area contributed by atoms with E-state index < -0.39 is 0 Å². The van der Waals surface area contributed by atoms with Gasteiger partial charge in [-0.1, -0.05) is 182 Å². The van der Waals surface area contributed by atoms with Crippen molar-refractivity contribution in [2.24, 2.45) is 0 Å². The lowest BCUT2D eigenvalue weighted by molar-refractivity contribution is 1.29. The van der Waals surface area contributed by atoms with Crippen molar-refractivity contribution in [3.8, 4) is 44.5 Å². The van der Waals surface area contributed by atoms with Crippen LogP contribution in [0.25, 0.3) is 76.8 Å². The van der Waals surface area contributed by atoms with Crippen LogP contribution in [0.4, 0.5) is 17.1 Å². The third-order valence-corrected chi connectivity index (χ3v) is 10.8. The first kappa shape index (κ1) is 32.4. The van der Waals surface area contributed by atoms with Crippen LogP contribution < -0.4 is 4.90 Å². The smallest absolute Gasteiger partial charge is 0.0468 e. The van der Waals surface area contributed by atoms with Gasteiger partial charge in [0.25, 0.3) is 0 Å². The number of fused-ring (bicyclic) bond motifs is 4. The van der Waals surface area contributed by atoms with Crippen molar-refractivity contribution in [3.05, 3.63) is 224 Å². The van der Waals surface area contributed by atoms with Gasteiger partial charge in [0.15, 0.2) is 0 Å². The van der Waals surface area contributed by atoms with Crippen LogP contribution in [0.2, 0.25) is 0 Å². The van der Waals surface area contributed by atoms with E-state index >= 15 is 0 Å². The zero-order valence-corrected chi connectivity index (χ0v) is 30.3. The minimum absolute atomic E-state index is 1.10. The Morgan fingerprint density at radius 2 is 0.709 bits per heavy atom. The highest BCUT2D eigenvalue weighted by Crippen LogP contribution is 2.43. The predicted molar refractivity (Wildman–Crippen MR) is 235 cm³/mol. The quantitative estimate of drug-likeness (QED) is 0.150. The fourth-order valence-corrected chi connectivity index (χ4v) is 8.10. The Hall–Kier alpha value is -7.22. The average Bonchev–Trinajstić information content (AvgIpc) is 3.27. The van der Waals surface area contributed by atoms with Crippen LogP contribution in [0.15, 0.2) is 224 Å². The lowest BCUT2D eigenvalue weighted by Crippen LogP contribution is -2.10. The summed E-state index contributed by atoms with van der Waals surface area (Å²) in [6.45, 7) is 0. The Kier molecular flexibility index (Phi) is 8.24. The minimum atomic E-state index is 1.10. The molecule has 0 fully saturated rings. The molecule has 1 heteroatoms. The van der Waals surface area contributed by atoms with E-state index in [1.807, 2.05) is 0 Å². The molecule has 258 valence electrons. The fourth-order valence-electron chi connectivity index (χ4n) is 8.10. The largest absolute Gasteiger partial charge is 0.310 e. The third-order valence-electron chi connectivity index (χ3n) is 10.8. The maximum Gasteiger partial charge on any atom is 0.0468 e. The van der Waals surface area contributed by atoms with Crippen LogP contribution >= 0.6 is 0 Å². The summed E-state index contributed by atoms with van der Waals surface area (Å²) < 4.78 is 0. The first-order valence-corrected chi connectivity index (χ1v) is 18.9. The van der Waals surface area contributed by atoms with Crippen LogP contribution in [-0.2, 0) is 0 Å². The fraction of sp³-hybridized carbons (Fsp3) is 0. The topological polar surface area (TPSA) is 3.24 Å². The van der Waals surface area contributed by atoms with E-state index in [1.165, 1.54) is 76.8 Å². The molecule has 0 amide bonds. The molecule has 0 bridgehead atoms. The molecule has 55 heavy (non-hydrogen) atoms. The zero-order valence-electron chi connectivity index (χ0n) is 30.3. The van der Waals surface area contributed by atoms with Gasteiger partial charge >= 0.3 is 0 Å². The molecule has 0 saturated heterocycles. The minimum Gasteiger partial charge on any atom is -0.310 e. The first-order chi connectivity index (χ1) is 27.3. The molecule has 0 atom stereocenters. The van der Waals surface area contributed by atoms with Gasteiger partial charge in [-0.2, -0.15) is 0 Å². The number of nitrogens with zero attached hydrogens (tertiary/aromatic N) is 1. The van der Waals surface area contributed by atoms with Gasteiger partial charge in [-0.15, -0.1) is 0 Å². The molecule has 0 aliphatic rings. The van der Waals surface area contributed by atoms with Crippen molar-refractivity contribution in [1.29, 1.82) is 0 Å². The molecule has 0 N–H and O–H groups in total. The number of benzene rings is 10. The van der Waals surface area contributed by atoms with Crippen LogP contribution in [0, 0.1) is 0 Å². The van der Waals surface area contributed by atoms with Gasteiger partial charge in [-0.25, -0.2) is 0 Å². The number of hydrogen-bond donors (Lipinski definition) is 0. The maximum atomic E-state index is 2.41. The highest BCUT2D eigenvalue weighted by Gasteiger charge is 2.18. The van der Waals surface area contributed by atoms with Gasteiger partial charge in [0, 0.05) is 17.1 Å². The molecule has 10 aromatic rings. The van der Waals surface area contributed by atoms with Crippen molar-refractivity contribution in [2.75, 3.05) is 4.90 Å². The van der Waals surface area contributed by atoms with Crippen molar-refractivity contribution in [2.45, 2.75) is 0 Å². The first-order valence-electron chi connectivity index (χ1n) is 18.9. The Bertz CT molecular complexity index is 2950. The molecule has 0 aliphatic carbocycles. The Morgan fingerprint density at radius 1 is 0.218 bits per heavy atom. The van der Waals surface area contributed by atoms with Gasteiger partial charge in [0.1, 0.15) is 0 Å². The summed E-state index contributed by atoms with van der Waals surface area (Å²) in [4.78, 5) is 2.41. The molecule has 0 spiro atoms. The highest BCUT2D eigenvalue weighted by atomic mass is 15.1. The molecule has 0 saturated carbocycles. The second-order valence-electron chi connectivity index (χ2n) is 14.1. The van der Waals surface area contributed by atoms with Crippen molar-refractivity contribution in [1.82, 2.24) is 0 Å². The zero-order chi connectivity index (χ0) is 36.6. The van der Waals surface area contributed by atoms with Crippen LogP contribution in [0.1, 0.15) is 0 Å². The van der Waals surface area contributed by atoms with Gasteiger partial charge in [-0.05, 0) is 119 Å². The number of rotatable bonds is 7. The van der Waals surface area contributed by atoms with Crippen LogP contribution in [-0.4, -0.2) is 0 Å².